The van der Waals surface area contributed by atoms with E-state index in [9.17, 15) is 35.9 Å². The Morgan fingerprint density at radius 1 is 1.07 bits per heavy atom. The van der Waals surface area contributed by atoms with E-state index in [1.165, 1.54) is 0 Å². The topological polar surface area (TPSA) is 63.5 Å². The number of nitrogens with zero attached hydrogens (tertiary/aromatic N) is 2. The lowest BCUT2D eigenvalue weighted by Gasteiger charge is -2.14. The average Bonchev–Trinajstić information content (AvgIpc) is 2.95. The Morgan fingerprint density at radius 3 is 2.18 bits per heavy atom. The van der Waals surface area contributed by atoms with Crippen LogP contribution in [0, 0.1) is 6.92 Å². The summed E-state index contributed by atoms with van der Waals surface area (Å²) in [4.78, 5) is 28.9. The van der Waals surface area contributed by atoms with E-state index in [1.807, 2.05) is 5.32 Å². The molecule has 0 bridgehead atoms. The first kappa shape index (κ1) is 19.9. The zero-order valence-corrected chi connectivity index (χ0v) is 14.6. The lowest BCUT2D eigenvalue weighted by atomic mass is 10.1. The van der Waals surface area contributed by atoms with Crippen molar-refractivity contribution >= 4 is 27.9 Å². The minimum atomic E-state index is -5.06. The number of alkyl halides is 6. The van der Waals surface area contributed by atoms with Crippen LogP contribution in [0.5, 0.6) is 0 Å². The molecule has 0 unspecified atom stereocenters. The van der Waals surface area contributed by atoms with Gasteiger partial charge in [-0.2, -0.15) is 26.3 Å². The van der Waals surface area contributed by atoms with Gasteiger partial charge in [-0.3, -0.25) is 14.0 Å². The highest BCUT2D eigenvalue weighted by atomic mass is 32.1. The standard InChI is InChI=1S/C16H9F6N3O2S/c1-7-6-28-14-23-5-11(13(27)25(7)14)12(26)24-10-3-8(15(17,18)19)2-9(4-10)16(20,21)22/h2-6H,1H3,(H,24,26). The van der Waals surface area contributed by atoms with Crippen molar-refractivity contribution in [2.45, 2.75) is 19.3 Å². The van der Waals surface area contributed by atoms with Gasteiger partial charge in [0.25, 0.3) is 11.5 Å². The van der Waals surface area contributed by atoms with Crippen molar-refractivity contribution in [2.75, 3.05) is 5.32 Å². The third-order valence-electron chi connectivity index (χ3n) is 3.71. The third kappa shape index (κ3) is 3.72. The Kier molecular flexibility index (Phi) is 4.69. The number of fused-ring (bicyclic) bond motifs is 1. The zero-order valence-electron chi connectivity index (χ0n) is 13.8. The molecule has 0 spiro atoms. The van der Waals surface area contributed by atoms with Crippen LogP contribution in [0.2, 0.25) is 0 Å². The van der Waals surface area contributed by atoms with E-state index >= 15 is 0 Å². The molecule has 0 atom stereocenters. The summed E-state index contributed by atoms with van der Waals surface area (Å²) < 4.78 is 78.5. The minimum Gasteiger partial charge on any atom is -0.322 e. The van der Waals surface area contributed by atoms with Crippen LogP contribution in [0.25, 0.3) is 4.96 Å². The zero-order chi connectivity index (χ0) is 20.9. The molecule has 2 heterocycles. The molecule has 1 amide bonds. The fourth-order valence-corrected chi connectivity index (χ4v) is 3.23. The molecule has 28 heavy (non-hydrogen) atoms. The fraction of sp³-hybridized carbons (Fsp3) is 0.188. The number of benzene rings is 1. The van der Waals surface area contributed by atoms with Gasteiger partial charge in [-0.05, 0) is 25.1 Å². The second kappa shape index (κ2) is 6.62. The molecule has 0 radical (unpaired) electrons. The number of aromatic nitrogens is 2. The van der Waals surface area contributed by atoms with Crippen LogP contribution in [0.15, 0.2) is 34.6 Å². The monoisotopic (exact) mass is 421 g/mol. The lowest BCUT2D eigenvalue weighted by molar-refractivity contribution is -0.143. The van der Waals surface area contributed by atoms with Crippen molar-refractivity contribution in [1.82, 2.24) is 9.38 Å². The van der Waals surface area contributed by atoms with E-state index in [2.05, 4.69) is 4.98 Å². The first-order valence-corrected chi connectivity index (χ1v) is 8.32. The van der Waals surface area contributed by atoms with Crippen LogP contribution in [0.4, 0.5) is 32.0 Å². The molecular weight excluding hydrogens is 412 g/mol. The number of hydrogen-bond donors (Lipinski definition) is 1. The Bertz CT molecular complexity index is 1100. The maximum Gasteiger partial charge on any atom is 0.416 e. The normalized spacial score (nSPS) is 12.4. The van der Waals surface area contributed by atoms with Crippen LogP contribution in [0.1, 0.15) is 27.2 Å². The minimum absolute atomic E-state index is 0.0626. The van der Waals surface area contributed by atoms with Gasteiger partial charge in [0.05, 0.1) is 11.1 Å². The molecule has 0 aliphatic rings. The highest BCUT2D eigenvalue weighted by molar-refractivity contribution is 7.15. The summed E-state index contributed by atoms with van der Waals surface area (Å²) in [5.41, 5.74) is -4.76. The van der Waals surface area contributed by atoms with Crippen LogP contribution in [-0.4, -0.2) is 15.3 Å². The van der Waals surface area contributed by atoms with Gasteiger partial charge in [0.2, 0.25) is 0 Å². The predicted molar refractivity (Wildman–Crippen MR) is 88.5 cm³/mol. The van der Waals surface area contributed by atoms with Crippen LogP contribution in [-0.2, 0) is 12.4 Å². The van der Waals surface area contributed by atoms with Crippen LogP contribution >= 0.6 is 11.3 Å². The first-order chi connectivity index (χ1) is 12.9. The molecule has 148 valence electrons. The van der Waals surface area contributed by atoms with E-state index in [0.29, 0.717) is 17.8 Å². The maximum atomic E-state index is 12.9. The molecule has 1 N–H and O–H groups in total. The summed E-state index contributed by atoms with van der Waals surface area (Å²) in [6.07, 6.45) is -9.20. The molecule has 0 aliphatic carbocycles. The number of carbonyl (C=O) groups is 1. The first-order valence-electron chi connectivity index (χ1n) is 7.44. The largest absolute Gasteiger partial charge is 0.416 e. The molecule has 2 aromatic heterocycles. The molecule has 0 saturated carbocycles. The summed E-state index contributed by atoms with van der Waals surface area (Å²) in [5, 5.41) is 3.52. The van der Waals surface area contributed by atoms with E-state index < -0.39 is 46.2 Å². The Hall–Kier alpha value is -2.89. The molecule has 0 fully saturated rings. The SMILES string of the molecule is Cc1csc2ncc(C(=O)Nc3cc(C(F)(F)F)cc(C(F)(F)F)c3)c(=O)n12. The smallest absolute Gasteiger partial charge is 0.322 e. The van der Waals surface area contributed by atoms with Gasteiger partial charge < -0.3 is 5.32 Å². The summed E-state index contributed by atoms with van der Waals surface area (Å²) >= 11 is 1.13. The Balaban J connectivity index is 2.04. The van der Waals surface area contributed by atoms with Crippen molar-refractivity contribution < 1.29 is 31.1 Å². The molecule has 0 saturated heterocycles. The average molecular weight is 421 g/mol. The van der Waals surface area contributed by atoms with Gasteiger partial charge in [0, 0.05) is 23.0 Å². The van der Waals surface area contributed by atoms with Gasteiger partial charge in [-0.25, -0.2) is 4.98 Å². The summed E-state index contributed by atoms with van der Waals surface area (Å²) in [6, 6.07) is 0.645. The number of halogens is 6. The van der Waals surface area contributed by atoms with Crippen LogP contribution in [0.3, 0.4) is 0 Å². The molecule has 3 aromatic rings. The molecule has 12 heteroatoms. The Morgan fingerprint density at radius 2 is 1.64 bits per heavy atom. The van der Waals surface area contributed by atoms with E-state index in [1.54, 1.807) is 12.3 Å². The highest BCUT2D eigenvalue weighted by Crippen LogP contribution is 2.37. The molecule has 1 aromatic carbocycles. The third-order valence-corrected chi connectivity index (χ3v) is 4.66. The van der Waals surface area contributed by atoms with Crippen molar-refractivity contribution in [3.63, 3.8) is 0 Å². The lowest BCUT2D eigenvalue weighted by Crippen LogP contribution is -2.27. The predicted octanol–water partition coefficient (Wildman–Crippen LogP) is 4.35. The van der Waals surface area contributed by atoms with Gasteiger partial charge in [0.1, 0.15) is 5.56 Å². The van der Waals surface area contributed by atoms with E-state index in [4.69, 9.17) is 0 Å². The Labute approximate surface area is 156 Å². The summed E-state index contributed by atoms with van der Waals surface area (Å²) in [6.45, 7) is 1.58. The van der Waals surface area contributed by atoms with Gasteiger partial charge in [-0.1, -0.05) is 0 Å². The van der Waals surface area contributed by atoms with E-state index in [-0.39, 0.29) is 11.0 Å². The molecule has 5 nitrogen and oxygen atoms in total. The second-order valence-electron chi connectivity index (χ2n) is 5.72. The highest BCUT2D eigenvalue weighted by Gasteiger charge is 2.37. The van der Waals surface area contributed by atoms with Crippen LogP contribution < -0.4 is 10.9 Å². The molecule has 0 aliphatic heterocycles. The maximum absolute atomic E-state index is 12.9. The van der Waals surface area contributed by atoms with E-state index in [0.717, 1.165) is 21.9 Å². The van der Waals surface area contributed by atoms with Crippen molar-refractivity contribution in [3.8, 4) is 0 Å². The molecule has 3 rings (SSSR count). The number of anilines is 1. The number of rotatable bonds is 2. The number of aryl methyl sites for hydroxylation is 1. The fourth-order valence-electron chi connectivity index (χ4n) is 2.41. The number of carbonyl (C=O) groups excluding carboxylic acids is 1. The number of thiazole rings is 1. The van der Waals surface area contributed by atoms with Gasteiger partial charge >= 0.3 is 12.4 Å². The van der Waals surface area contributed by atoms with Crippen molar-refractivity contribution in [2.24, 2.45) is 0 Å². The second-order valence-corrected chi connectivity index (χ2v) is 6.56. The quantitative estimate of drug-likeness (QED) is 0.626. The summed E-state index contributed by atoms with van der Waals surface area (Å²) in [7, 11) is 0. The molecular formula is C16H9F6N3O2S. The van der Waals surface area contributed by atoms with Gasteiger partial charge in [0.15, 0.2) is 4.96 Å². The van der Waals surface area contributed by atoms with Gasteiger partial charge in [-0.15, -0.1) is 11.3 Å². The van der Waals surface area contributed by atoms with Crippen molar-refractivity contribution in [1.29, 1.82) is 0 Å². The number of nitrogens with one attached hydrogen (secondary N) is 1. The number of hydrogen-bond acceptors (Lipinski definition) is 4. The number of amides is 1. The summed E-state index contributed by atoms with van der Waals surface area (Å²) in [5.74, 6) is -1.18. The van der Waals surface area contributed by atoms with Crippen molar-refractivity contribution in [3.05, 3.63) is 62.5 Å².